The zero-order valence-electron chi connectivity index (χ0n) is 13.2. The molecule has 0 aromatic heterocycles. The lowest BCUT2D eigenvalue weighted by Gasteiger charge is -2.37. The Morgan fingerprint density at radius 1 is 0.950 bits per heavy atom. The minimum absolute atomic E-state index is 0.717. The molecule has 0 N–H and O–H groups in total. The monoisotopic (exact) mass is 276 g/mol. The first-order valence-electron chi connectivity index (χ1n) is 8.65. The number of ether oxygens (including phenoxy) is 1. The SMILES string of the molecule is C=CCOCC1CCC(C2CCC(/C=C/C)CC2)CC1. The minimum Gasteiger partial charge on any atom is -0.377 e. The standard InChI is InChI=1S/C19H32O/c1-3-5-16-6-10-18(11-7-16)19-12-8-17(9-13-19)15-20-14-4-2/h3-5,16-19H,2,6-15H2,1H3/b5-3+. The molecule has 1 nitrogen and oxygen atoms in total. The van der Waals surface area contributed by atoms with Gasteiger partial charge in [0.05, 0.1) is 6.61 Å². The zero-order chi connectivity index (χ0) is 14.2. The molecule has 0 radical (unpaired) electrons. The zero-order valence-corrected chi connectivity index (χ0v) is 13.2. The molecule has 0 atom stereocenters. The lowest BCUT2D eigenvalue weighted by molar-refractivity contribution is 0.0800. The van der Waals surface area contributed by atoms with Gasteiger partial charge < -0.3 is 4.74 Å². The molecule has 0 bridgehead atoms. The molecule has 2 saturated carbocycles. The van der Waals surface area contributed by atoms with Gasteiger partial charge in [0.1, 0.15) is 0 Å². The van der Waals surface area contributed by atoms with Crippen molar-refractivity contribution in [1.82, 2.24) is 0 Å². The van der Waals surface area contributed by atoms with Gasteiger partial charge in [0.25, 0.3) is 0 Å². The summed E-state index contributed by atoms with van der Waals surface area (Å²) in [5.74, 6) is 3.72. The molecule has 0 saturated heterocycles. The molecule has 2 rings (SSSR count). The van der Waals surface area contributed by atoms with Crippen LogP contribution >= 0.6 is 0 Å². The molecule has 0 amide bonds. The Morgan fingerprint density at radius 3 is 2.10 bits per heavy atom. The van der Waals surface area contributed by atoms with Crippen molar-refractivity contribution >= 4 is 0 Å². The van der Waals surface area contributed by atoms with E-state index >= 15 is 0 Å². The Balaban J connectivity index is 1.65. The maximum atomic E-state index is 5.62. The molecular formula is C19H32O. The molecule has 0 aromatic rings. The van der Waals surface area contributed by atoms with Crippen LogP contribution in [0, 0.1) is 23.7 Å². The number of hydrogen-bond donors (Lipinski definition) is 0. The smallest absolute Gasteiger partial charge is 0.0644 e. The molecule has 0 heterocycles. The van der Waals surface area contributed by atoms with E-state index in [0.717, 1.165) is 36.9 Å². The predicted molar refractivity (Wildman–Crippen MR) is 86.7 cm³/mol. The van der Waals surface area contributed by atoms with Crippen molar-refractivity contribution < 1.29 is 4.74 Å². The van der Waals surface area contributed by atoms with Crippen molar-refractivity contribution in [2.24, 2.45) is 23.7 Å². The maximum absolute atomic E-state index is 5.62. The van der Waals surface area contributed by atoms with Gasteiger partial charge in [0.15, 0.2) is 0 Å². The summed E-state index contributed by atoms with van der Waals surface area (Å²) < 4.78 is 5.62. The molecular weight excluding hydrogens is 244 g/mol. The second-order valence-corrected chi connectivity index (χ2v) is 6.81. The summed E-state index contributed by atoms with van der Waals surface area (Å²) in [6.45, 7) is 7.53. The van der Waals surface area contributed by atoms with Crippen molar-refractivity contribution in [2.45, 2.75) is 58.3 Å². The van der Waals surface area contributed by atoms with Gasteiger partial charge in [-0.3, -0.25) is 0 Å². The van der Waals surface area contributed by atoms with Crippen LogP contribution in [0.2, 0.25) is 0 Å². The summed E-state index contributed by atoms with van der Waals surface area (Å²) >= 11 is 0. The summed E-state index contributed by atoms with van der Waals surface area (Å²) in [5, 5.41) is 0. The third-order valence-electron chi connectivity index (χ3n) is 5.43. The van der Waals surface area contributed by atoms with Gasteiger partial charge in [-0.05, 0) is 82.0 Å². The molecule has 2 aliphatic carbocycles. The van der Waals surface area contributed by atoms with E-state index in [0.29, 0.717) is 0 Å². The molecule has 0 aromatic carbocycles. The number of rotatable bonds is 6. The molecule has 0 aliphatic heterocycles. The summed E-state index contributed by atoms with van der Waals surface area (Å²) in [6, 6.07) is 0. The van der Waals surface area contributed by atoms with Gasteiger partial charge in [-0.2, -0.15) is 0 Å². The van der Waals surface area contributed by atoms with Crippen LogP contribution in [0.25, 0.3) is 0 Å². The fourth-order valence-corrected chi connectivity index (χ4v) is 4.23. The molecule has 2 aliphatic rings. The van der Waals surface area contributed by atoms with Crippen LogP contribution in [-0.4, -0.2) is 13.2 Å². The second kappa shape index (κ2) is 8.67. The quantitative estimate of drug-likeness (QED) is 0.467. The average molecular weight is 276 g/mol. The first-order valence-corrected chi connectivity index (χ1v) is 8.65. The highest BCUT2D eigenvalue weighted by molar-refractivity contribution is 4.90. The van der Waals surface area contributed by atoms with Crippen LogP contribution in [0.3, 0.4) is 0 Å². The highest BCUT2D eigenvalue weighted by atomic mass is 16.5. The van der Waals surface area contributed by atoms with E-state index in [9.17, 15) is 0 Å². The van der Waals surface area contributed by atoms with E-state index in [4.69, 9.17) is 4.74 Å². The third kappa shape index (κ3) is 4.77. The predicted octanol–water partition coefficient (Wildman–Crippen LogP) is 5.38. The van der Waals surface area contributed by atoms with E-state index in [1.54, 1.807) is 0 Å². The second-order valence-electron chi connectivity index (χ2n) is 6.81. The van der Waals surface area contributed by atoms with Gasteiger partial charge >= 0.3 is 0 Å². The molecule has 0 spiro atoms. The highest BCUT2D eigenvalue weighted by Gasteiger charge is 2.30. The normalized spacial score (nSPS) is 35.2. The topological polar surface area (TPSA) is 9.23 Å². The average Bonchev–Trinajstić information content (AvgIpc) is 2.49. The van der Waals surface area contributed by atoms with Crippen LogP contribution in [0.4, 0.5) is 0 Å². The summed E-state index contributed by atoms with van der Waals surface area (Å²) in [6.07, 6.45) is 18.0. The molecule has 2 fully saturated rings. The Kier molecular flexibility index (Phi) is 6.86. The number of hydrogen-bond acceptors (Lipinski definition) is 1. The summed E-state index contributed by atoms with van der Waals surface area (Å²) in [7, 11) is 0. The molecule has 1 heteroatoms. The molecule has 20 heavy (non-hydrogen) atoms. The van der Waals surface area contributed by atoms with E-state index in [1.165, 1.54) is 51.4 Å². The van der Waals surface area contributed by atoms with Crippen LogP contribution in [0.15, 0.2) is 24.8 Å². The van der Waals surface area contributed by atoms with Crippen molar-refractivity contribution in [3.05, 3.63) is 24.8 Å². The highest BCUT2D eigenvalue weighted by Crippen LogP contribution is 2.41. The Morgan fingerprint density at radius 2 is 1.55 bits per heavy atom. The van der Waals surface area contributed by atoms with Crippen molar-refractivity contribution in [2.75, 3.05) is 13.2 Å². The van der Waals surface area contributed by atoms with Gasteiger partial charge in [-0.25, -0.2) is 0 Å². The minimum atomic E-state index is 0.717. The third-order valence-corrected chi connectivity index (χ3v) is 5.43. The lowest BCUT2D eigenvalue weighted by Crippen LogP contribution is -2.26. The van der Waals surface area contributed by atoms with Gasteiger partial charge in [-0.1, -0.05) is 18.2 Å². The Labute approximate surface area is 125 Å². The van der Waals surface area contributed by atoms with E-state index in [1.807, 2.05) is 6.08 Å². The van der Waals surface area contributed by atoms with Crippen molar-refractivity contribution in [3.63, 3.8) is 0 Å². The maximum Gasteiger partial charge on any atom is 0.0644 e. The Bertz CT molecular complexity index is 291. The van der Waals surface area contributed by atoms with Gasteiger partial charge in [0, 0.05) is 6.61 Å². The van der Waals surface area contributed by atoms with Crippen LogP contribution in [0.1, 0.15) is 58.3 Å². The molecule has 0 unspecified atom stereocenters. The molecule has 114 valence electrons. The summed E-state index contributed by atoms with van der Waals surface area (Å²) in [4.78, 5) is 0. The summed E-state index contributed by atoms with van der Waals surface area (Å²) in [5.41, 5.74) is 0. The van der Waals surface area contributed by atoms with Crippen molar-refractivity contribution in [1.29, 1.82) is 0 Å². The van der Waals surface area contributed by atoms with E-state index in [-0.39, 0.29) is 0 Å². The van der Waals surface area contributed by atoms with E-state index in [2.05, 4.69) is 25.7 Å². The first kappa shape index (κ1) is 15.8. The fraction of sp³-hybridized carbons (Fsp3) is 0.789. The van der Waals surface area contributed by atoms with Gasteiger partial charge in [0.2, 0.25) is 0 Å². The van der Waals surface area contributed by atoms with Crippen LogP contribution in [-0.2, 0) is 4.74 Å². The first-order chi connectivity index (χ1) is 9.83. The van der Waals surface area contributed by atoms with Gasteiger partial charge in [-0.15, -0.1) is 6.58 Å². The largest absolute Gasteiger partial charge is 0.377 e. The fourth-order valence-electron chi connectivity index (χ4n) is 4.23. The van der Waals surface area contributed by atoms with Crippen LogP contribution in [0.5, 0.6) is 0 Å². The lowest BCUT2D eigenvalue weighted by atomic mass is 9.69. The van der Waals surface area contributed by atoms with Crippen molar-refractivity contribution in [3.8, 4) is 0 Å². The Hall–Kier alpha value is -0.560. The van der Waals surface area contributed by atoms with E-state index < -0.39 is 0 Å². The van der Waals surface area contributed by atoms with Crippen LogP contribution < -0.4 is 0 Å². The number of allylic oxidation sites excluding steroid dienone is 2.